The quantitative estimate of drug-likeness (QED) is 0.480. The molecule has 0 saturated carbocycles. The minimum atomic E-state index is 0.540. The molecule has 0 aliphatic heterocycles. The van der Waals surface area contributed by atoms with E-state index in [0.29, 0.717) is 6.54 Å². The molecule has 0 aliphatic carbocycles. The second-order valence-corrected chi connectivity index (χ2v) is 4.82. The molecule has 0 bridgehead atoms. The van der Waals surface area contributed by atoms with E-state index in [1.54, 1.807) is 0 Å². The number of benzene rings is 1. The number of hydrogen-bond donors (Lipinski definition) is 1. The molecule has 0 heterocycles. The predicted molar refractivity (Wildman–Crippen MR) is 102 cm³/mol. The molecule has 114 valence electrons. The average molecular weight is 292 g/mol. The summed E-state index contributed by atoms with van der Waals surface area (Å²) in [4.78, 5) is 4.66. The molecule has 3 heteroatoms. The molecule has 0 unspecified atom stereocenters. The Balaban J connectivity index is 3.07. The van der Waals surface area contributed by atoms with Crippen LogP contribution in [0.15, 0.2) is 58.6 Å². The van der Waals surface area contributed by atoms with Crippen molar-refractivity contribution in [3.63, 3.8) is 0 Å². The summed E-state index contributed by atoms with van der Waals surface area (Å²) in [6.45, 7) is 10.7. The van der Waals surface area contributed by atoms with E-state index in [-0.39, 0.29) is 0 Å². The van der Waals surface area contributed by atoms with Crippen LogP contribution in [0.3, 0.4) is 0 Å². The summed E-state index contributed by atoms with van der Waals surface area (Å²) in [5, 5.41) is 0. The van der Waals surface area contributed by atoms with E-state index in [2.05, 4.69) is 35.2 Å². The van der Waals surface area contributed by atoms with E-state index >= 15 is 0 Å². The number of aliphatic imine (C=N–C) groups is 1. The summed E-state index contributed by atoms with van der Waals surface area (Å²) in [5.41, 5.74) is 11.1. The minimum absolute atomic E-state index is 0.540. The van der Waals surface area contributed by atoms with Gasteiger partial charge < -0.3 is 0 Å². The Morgan fingerprint density at radius 2 is 1.86 bits per heavy atom. The van der Waals surface area contributed by atoms with Gasteiger partial charge in [0.1, 0.15) is 0 Å². The van der Waals surface area contributed by atoms with Crippen LogP contribution in [-0.4, -0.2) is 19.1 Å². The maximum atomic E-state index is 5.71. The van der Waals surface area contributed by atoms with Gasteiger partial charge in [-0.2, -0.15) is 0 Å². The summed E-state index contributed by atoms with van der Waals surface area (Å²) in [5.74, 6) is 2.09. The Bertz CT molecular complexity index is 635. The molecule has 0 radical (unpaired) electrons. The first-order chi connectivity index (χ1) is 10.7. The number of allylic oxidation sites excluding steroid dienone is 5. The van der Waals surface area contributed by atoms with Gasteiger partial charge in [0.15, 0.2) is 0 Å². The molecule has 1 aromatic carbocycles. The second kappa shape index (κ2) is 9.85. The molecule has 0 spiro atoms. The van der Waals surface area contributed by atoms with Crippen LogP contribution in [0, 0.1) is 0 Å². The Kier molecular flexibility index (Phi) is 8.09. The zero-order valence-corrected chi connectivity index (χ0v) is 14.0. The van der Waals surface area contributed by atoms with Crippen molar-refractivity contribution in [1.82, 2.24) is 0 Å². The fourth-order valence-electron chi connectivity index (χ4n) is 2.17. The number of nitrogens with two attached hydrogens (primary N) is 1. The summed E-state index contributed by atoms with van der Waals surface area (Å²) in [6, 6.07) is 8.19. The second-order valence-electron chi connectivity index (χ2n) is 4.82. The van der Waals surface area contributed by atoms with Gasteiger partial charge in [-0.15, -0.1) is 0 Å². The summed E-state index contributed by atoms with van der Waals surface area (Å²) in [7, 11) is 0. The SMILES string of the molecule is C/B=C\C(=CC)C(/C=N\C(=C\C)c1cccc(CN)c1)=C/C. The van der Waals surface area contributed by atoms with Gasteiger partial charge in [-0.1, -0.05) is 0 Å². The van der Waals surface area contributed by atoms with Crippen LogP contribution in [0.1, 0.15) is 31.9 Å². The third-order valence-corrected chi connectivity index (χ3v) is 3.38. The summed E-state index contributed by atoms with van der Waals surface area (Å²) in [6.07, 6.45) is 8.10. The number of rotatable bonds is 6. The van der Waals surface area contributed by atoms with Crippen LogP contribution in [0.25, 0.3) is 5.70 Å². The van der Waals surface area contributed by atoms with Gasteiger partial charge in [-0.25, -0.2) is 0 Å². The molecule has 0 saturated heterocycles. The van der Waals surface area contributed by atoms with E-state index < -0.39 is 0 Å². The van der Waals surface area contributed by atoms with E-state index in [1.165, 1.54) is 5.57 Å². The van der Waals surface area contributed by atoms with E-state index in [0.717, 1.165) is 22.4 Å². The molecular weight excluding hydrogens is 267 g/mol. The first-order valence-corrected chi connectivity index (χ1v) is 7.65. The molecule has 2 nitrogen and oxygen atoms in total. The zero-order chi connectivity index (χ0) is 16.4. The van der Waals surface area contributed by atoms with Crippen LogP contribution in [0.5, 0.6) is 0 Å². The Morgan fingerprint density at radius 3 is 2.41 bits per heavy atom. The van der Waals surface area contributed by atoms with Crippen molar-refractivity contribution >= 4 is 24.8 Å². The average Bonchev–Trinajstić information content (AvgIpc) is 2.57. The number of hydrogen-bond acceptors (Lipinski definition) is 2. The summed E-state index contributed by atoms with van der Waals surface area (Å²) >= 11 is 0. The van der Waals surface area contributed by atoms with Gasteiger partial charge in [-0.3, -0.25) is 0 Å². The van der Waals surface area contributed by atoms with Crippen LogP contribution >= 0.6 is 0 Å². The molecular formula is C19H25BN2. The van der Waals surface area contributed by atoms with Crippen LogP contribution in [0.4, 0.5) is 0 Å². The van der Waals surface area contributed by atoms with E-state index in [4.69, 9.17) is 5.73 Å². The van der Waals surface area contributed by atoms with Gasteiger partial charge in [-0.05, 0) is 0 Å². The first-order valence-electron chi connectivity index (χ1n) is 7.65. The Hall–Kier alpha value is -2.00. The maximum absolute atomic E-state index is 5.71. The van der Waals surface area contributed by atoms with Gasteiger partial charge in [0.2, 0.25) is 0 Å². The van der Waals surface area contributed by atoms with Crippen LogP contribution in [-0.2, 0) is 6.54 Å². The number of nitrogens with zero attached hydrogens (tertiary/aromatic N) is 1. The summed E-state index contributed by atoms with van der Waals surface area (Å²) < 4.78 is 0. The first kappa shape index (κ1) is 18.1. The monoisotopic (exact) mass is 292 g/mol. The van der Waals surface area contributed by atoms with Crippen LogP contribution in [0.2, 0.25) is 6.82 Å². The van der Waals surface area contributed by atoms with E-state index in [9.17, 15) is 0 Å². The molecule has 0 amide bonds. The van der Waals surface area contributed by atoms with E-state index in [1.807, 2.05) is 58.9 Å². The normalized spacial score (nSPS) is 14.0. The van der Waals surface area contributed by atoms with Crippen molar-refractivity contribution in [3.05, 3.63) is 64.8 Å². The molecule has 2 N–H and O–H groups in total. The molecule has 22 heavy (non-hydrogen) atoms. The van der Waals surface area contributed by atoms with Gasteiger partial charge in [0.25, 0.3) is 0 Å². The molecule has 0 atom stereocenters. The van der Waals surface area contributed by atoms with Gasteiger partial charge >= 0.3 is 134 Å². The molecule has 0 aliphatic rings. The van der Waals surface area contributed by atoms with Crippen molar-refractivity contribution < 1.29 is 0 Å². The molecule has 1 rings (SSSR count). The third-order valence-electron chi connectivity index (χ3n) is 3.38. The standard InChI is InChI=1S/C19H25BN2/c1-5-16(12-20-4)17(6-2)14-22-19(7-3)18-10-8-9-15(11-18)13-21/h5-12,14H,13,21H2,1-4H3/b16-5?,17-6+,19-7+,22-14-. The van der Waals surface area contributed by atoms with Crippen molar-refractivity contribution in [2.24, 2.45) is 10.7 Å². The Morgan fingerprint density at radius 1 is 1.14 bits per heavy atom. The fraction of sp³-hybridized carbons (Fsp3) is 0.263. The van der Waals surface area contributed by atoms with Gasteiger partial charge in [0.05, 0.1) is 0 Å². The third kappa shape index (κ3) is 5.08. The predicted octanol–water partition coefficient (Wildman–Crippen LogP) is 4.02. The van der Waals surface area contributed by atoms with Crippen LogP contribution < -0.4 is 5.73 Å². The molecule has 0 fully saturated rings. The Labute approximate surface area is 135 Å². The topological polar surface area (TPSA) is 38.4 Å². The van der Waals surface area contributed by atoms with Crippen molar-refractivity contribution in [3.8, 4) is 0 Å². The van der Waals surface area contributed by atoms with Gasteiger partial charge in [0, 0.05) is 0 Å². The molecule has 1 aromatic rings. The zero-order valence-electron chi connectivity index (χ0n) is 14.0. The molecule has 0 aromatic heterocycles. The fourth-order valence-corrected chi connectivity index (χ4v) is 2.17. The van der Waals surface area contributed by atoms with Crippen molar-refractivity contribution in [2.75, 3.05) is 0 Å². The van der Waals surface area contributed by atoms with Crippen molar-refractivity contribution in [2.45, 2.75) is 34.1 Å². The van der Waals surface area contributed by atoms with Crippen molar-refractivity contribution in [1.29, 1.82) is 0 Å².